The molecular formula is C32H41N5O5. The van der Waals surface area contributed by atoms with Gasteiger partial charge in [0.15, 0.2) is 0 Å². The molecule has 10 nitrogen and oxygen atoms in total. The van der Waals surface area contributed by atoms with E-state index in [2.05, 4.69) is 33.5 Å². The smallest absolute Gasteiger partial charge is 0.281 e. The fraction of sp³-hybridized carbons (Fsp3) is 0.594. The van der Waals surface area contributed by atoms with Crippen molar-refractivity contribution in [2.45, 2.75) is 83.1 Å². The van der Waals surface area contributed by atoms with Gasteiger partial charge in [-0.05, 0) is 61.4 Å². The van der Waals surface area contributed by atoms with Crippen molar-refractivity contribution in [2.75, 3.05) is 20.1 Å². The first-order chi connectivity index (χ1) is 20.0. The molecule has 5 heterocycles. The minimum Gasteiger partial charge on any atom is -0.361 e. The fourth-order valence-corrected chi connectivity index (χ4v) is 8.10. The number of aliphatic hydroxyl groups is 1. The van der Waals surface area contributed by atoms with Crippen LogP contribution >= 0.6 is 0 Å². The maximum Gasteiger partial charge on any atom is 0.281 e. The van der Waals surface area contributed by atoms with Gasteiger partial charge in [-0.25, -0.2) is 0 Å². The molecule has 3 N–H and O–H groups in total. The number of aromatic nitrogens is 1. The summed E-state index contributed by atoms with van der Waals surface area (Å²) in [4.78, 5) is 50.7. The van der Waals surface area contributed by atoms with Crippen LogP contribution in [0.25, 0.3) is 16.5 Å². The van der Waals surface area contributed by atoms with E-state index in [-0.39, 0.29) is 23.8 Å². The van der Waals surface area contributed by atoms with E-state index >= 15 is 0 Å². The normalized spacial score (nSPS) is 34.2. The monoisotopic (exact) mass is 575 g/mol. The third-order valence-corrected chi connectivity index (χ3v) is 10.2. The zero-order valence-corrected chi connectivity index (χ0v) is 25.0. The van der Waals surface area contributed by atoms with Gasteiger partial charge in [-0.1, -0.05) is 45.9 Å². The molecule has 10 heteroatoms. The lowest BCUT2D eigenvalue weighted by Gasteiger charge is -2.49. The molecule has 3 unspecified atom stereocenters. The van der Waals surface area contributed by atoms with Crippen LogP contribution < -0.4 is 5.32 Å². The lowest BCUT2D eigenvalue weighted by molar-refractivity contribution is -0.322. The van der Waals surface area contributed by atoms with Crippen LogP contribution in [0.1, 0.15) is 58.1 Å². The molecule has 1 aliphatic carbocycles. The Morgan fingerprint density at radius 3 is 2.76 bits per heavy atom. The molecule has 3 amide bonds. The number of piperazine rings is 1. The molecule has 7 rings (SSSR count). The highest BCUT2D eigenvalue weighted by Gasteiger charge is 2.72. The second-order valence-electron chi connectivity index (χ2n) is 13.6. The first-order valence-corrected chi connectivity index (χ1v) is 15.4. The van der Waals surface area contributed by atoms with E-state index in [1.165, 1.54) is 15.8 Å². The van der Waals surface area contributed by atoms with Gasteiger partial charge in [0.2, 0.25) is 17.5 Å². The SMILES string of the molecule is CC(C)C[C@@H]1C(=O)N2CCC[C@H]2C2(O)OC(NC(=O)C3C=C4c5cccc6[nH]cc(c56)C[C@@H]4N(C)C3)(C(C)C)C(=O)N12. The van der Waals surface area contributed by atoms with Crippen molar-refractivity contribution in [3.8, 4) is 0 Å². The van der Waals surface area contributed by atoms with E-state index in [4.69, 9.17) is 4.74 Å². The number of likely N-dealkylation sites (N-methyl/N-ethyl adjacent to an activating group) is 1. The number of benzene rings is 1. The molecule has 3 saturated heterocycles. The van der Waals surface area contributed by atoms with Crippen LogP contribution in [0.3, 0.4) is 0 Å². The molecule has 0 radical (unpaired) electrons. The van der Waals surface area contributed by atoms with Crippen molar-refractivity contribution in [3.05, 3.63) is 41.6 Å². The van der Waals surface area contributed by atoms with Gasteiger partial charge in [0.25, 0.3) is 11.8 Å². The number of nitrogens with zero attached hydrogens (tertiary/aromatic N) is 3. The van der Waals surface area contributed by atoms with Gasteiger partial charge in [-0.3, -0.25) is 28.9 Å². The molecule has 0 spiro atoms. The van der Waals surface area contributed by atoms with E-state index in [1.54, 1.807) is 4.90 Å². The Labute approximate surface area is 246 Å². The summed E-state index contributed by atoms with van der Waals surface area (Å²) >= 11 is 0. The summed E-state index contributed by atoms with van der Waals surface area (Å²) in [5, 5.41) is 16.3. The van der Waals surface area contributed by atoms with Gasteiger partial charge in [0.1, 0.15) is 12.1 Å². The Morgan fingerprint density at radius 2 is 2.02 bits per heavy atom. The molecule has 2 aromatic rings. The molecule has 3 fully saturated rings. The van der Waals surface area contributed by atoms with Gasteiger partial charge < -0.3 is 20.3 Å². The average molecular weight is 576 g/mol. The maximum atomic E-state index is 14.4. The van der Waals surface area contributed by atoms with Crippen molar-refractivity contribution in [3.63, 3.8) is 0 Å². The Balaban J connectivity index is 1.24. The number of ether oxygens (including phenoxy) is 1. The van der Waals surface area contributed by atoms with E-state index in [9.17, 15) is 19.5 Å². The highest BCUT2D eigenvalue weighted by molar-refractivity contribution is 6.01. The fourth-order valence-electron chi connectivity index (χ4n) is 8.10. The van der Waals surface area contributed by atoms with Crippen LogP contribution in [0.5, 0.6) is 0 Å². The van der Waals surface area contributed by atoms with Crippen LogP contribution in [0.2, 0.25) is 0 Å². The van der Waals surface area contributed by atoms with E-state index in [0.29, 0.717) is 25.9 Å². The Morgan fingerprint density at radius 1 is 1.24 bits per heavy atom. The molecule has 42 heavy (non-hydrogen) atoms. The van der Waals surface area contributed by atoms with Gasteiger partial charge in [0.05, 0.1) is 5.92 Å². The van der Waals surface area contributed by atoms with Gasteiger partial charge in [0, 0.05) is 42.1 Å². The van der Waals surface area contributed by atoms with E-state index in [1.807, 2.05) is 46.9 Å². The minimum absolute atomic E-state index is 0.108. The predicted octanol–water partition coefficient (Wildman–Crippen LogP) is 2.43. The van der Waals surface area contributed by atoms with Crippen molar-refractivity contribution >= 4 is 34.2 Å². The van der Waals surface area contributed by atoms with Crippen molar-refractivity contribution < 1.29 is 24.2 Å². The van der Waals surface area contributed by atoms with Crippen LogP contribution in [0.4, 0.5) is 0 Å². The highest BCUT2D eigenvalue weighted by Crippen LogP contribution is 2.48. The third kappa shape index (κ3) is 3.70. The number of amides is 3. The molecule has 0 bridgehead atoms. The number of rotatable bonds is 5. The first kappa shape index (κ1) is 27.6. The van der Waals surface area contributed by atoms with E-state index < -0.39 is 41.5 Å². The second-order valence-corrected chi connectivity index (χ2v) is 13.6. The molecular weight excluding hydrogens is 534 g/mol. The van der Waals surface area contributed by atoms with Crippen LogP contribution in [0.15, 0.2) is 30.5 Å². The number of carbonyl (C=O) groups is 3. The summed E-state index contributed by atoms with van der Waals surface area (Å²) in [6.45, 7) is 8.60. The van der Waals surface area contributed by atoms with Crippen LogP contribution in [-0.2, 0) is 25.5 Å². The third-order valence-electron chi connectivity index (χ3n) is 10.2. The first-order valence-electron chi connectivity index (χ1n) is 15.4. The molecule has 5 aliphatic rings. The second kappa shape index (κ2) is 9.39. The van der Waals surface area contributed by atoms with Crippen LogP contribution in [-0.4, -0.2) is 92.4 Å². The standard InChI is InChI=1S/C32H41N5O5/c1-17(2)12-25-29(39)36-11-7-10-26(36)32(41)37(25)30(40)31(42-32,18(3)4)34-28(38)20-13-22-21-8-6-9-23-27(21)19(15-33-23)14-24(22)35(5)16-20/h6,8-9,13,15,17-18,20,24-26,33,41H,7,10-12,14,16H2,1-5H3,(H,34,38)/t20?,24-,25+,26-,31?,32?/m0/s1. The summed E-state index contributed by atoms with van der Waals surface area (Å²) in [6, 6.07) is 4.84. The predicted molar refractivity (Wildman–Crippen MR) is 156 cm³/mol. The topological polar surface area (TPSA) is 118 Å². The Hall–Kier alpha value is -3.21. The quantitative estimate of drug-likeness (QED) is 0.504. The summed E-state index contributed by atoms with van der Waals surface area (Å²) < 4.78 is 6.43. The lowest BCUT2D eigenvalue weighted by Crippen LogP contribution is -2.71. The summed E-state index contributed by atoms with van der Waals surface area (Å²) in [5.74, 6) is -3.97. The summed E-state index contributed by atoms with van der Waals surface area (Å²) in [7, 11) is 2.03. The number of fused-ring (bicyclic) bond motifs is 5. The highest BCUT2D eigenvalue weighted by atomic mass is 16.7. The molecule has 6 atom stereocenters. The molecule has 4 aliphatic heterocycles. The maximum absolute atomic E-state index is 14.4. The number of hydrogen-bond acceptors (Lipinski definition) is 6. The molecule has 0 saturated carbocycles. The molecule has 1 aromatic heterocycles. The molecule has 1 aromatic carbocycles. The Bertz CT molecular complexity index is 1510. The lowest BCUT2D eigenvalue weighted by atomic mass is 9.79. The number of carbonyl (C=O) groups excluding carboxylic acids is 3. The van der Waals surface area contributed by atoms with Gasteiger partial charge in [-0.2, -0.15) is 0 Å². The number of nitrogens with one attached hydrogen (secondary N) is 2. The van der Waals surface area contributed by atoms with Gasteiger partial charge >= 0.3 is 0 Å². The number of hydrogen-bond donors (Lipinski definition) is 3. The molecule has 224 valence electrons. The summed E-state index contributed by atoms with van der Waals surface area (Å²) in [5.41, 5.74) is 2.79. The largest absolute Gasteiger partial charge is 0.361 e. The van der Waals surface area contributed by atoms with Crippen molar-refractivity contribution in [1.29, 1.82) is 0 Å². The number of aromatic amines is 1. The van der Waals surface area contributed by atoms with Gasteiger partial charge in [-0.15, -0.1) is 0 Å². The van der Waals surface area contributed by atoms with Crippen LogP contribution in [0, 0.1) is 17.8 Å². The summed E-state index contributed by atoms with van der Waals surface area (Å²) in [6.07, 6.45) is 6.62. The van der Waals surface area contributed by atoms with Crippen molar-refractivity contribution in [2.24, 2.45) is 17.8 Å². The number of H-pyrrole nitrogens is 1. The average Bonchev–Trinajstić information content (AvgIpc) is 3.65. The van der Waals surface area contributed by atoms with E-state index in [0.717, 1.165) is 29.5 Å². The zero-order valence-electron chi connectivity index (χ0n) is 25.0. The minimum atomic E-state index is -2.00. The van der Waals surface area contributed by atoms with Crippen molar-refractivity contribution in [1.82, 2.24) is 25.0 Å². The Kier molecular flexibility index (Phi) is 6.18. The zero-order chi connectivity index (χ0) is 29.7.